The fourth-order valence-corrected chi connectivity index (χ4v) is 43.9. The van der Waals surface area contributed by atoms with Crippen LogP contribution >= 0.6 is 12.6 Å². The van der Waals surface area contributed by atoms with Crippen LogP contribution in [0.5, 0.6) is 0 Å². The molecule has 3 aliphatic heterocycles. The number of thiol groups is 1. The lowest BCUT2D eigenvalue weighted by atomic mass is 10.6. The second-order valence-electron chi connectivity index (χ2n) is 13.1. The second-order valence-corrected chi connectivity index (χ2v) is 37.1. The SMILES string of the molecule is CC(C)[Si]1(O)O[Si]2(C(C)C)O[Si]3(CCCS)O[Si](C(C)C)(O1)O[Si](O)(C(C)C)O[Si](C(C)C)(O3)O[Si](O)(C(C)C)O2. The van der Waals surface area contributed by atoms with Crippen molar-refractivity contribution in [3.8, 4) is 0 Å². The Kier molecular flexibility index (Phi) is 11.3. The summed E-state index contributed by atoms with van der Waals surface area (Å²) in [6.45, 7) is 21.9. The summed E-state index contributed by atoms with van der Waals surface area (Å²) in [6.07, 6.45) is 0.548. The molecule has 0 aromatic carbocycles. The van der Waals surface area contributed by atoms with E-state index in [1.54, 1.807) is 41.5 Å². The Morgan fingerprint density at radius 1 is 0.439 bits per heavy atom. The van der Waals surface area contributed by atoms with Crippen LogP contribution < -0.4 is 0 Å². The highest BCUT2D eigenvalue weighted by atomic mass is 32.1. The van der Waals surface area contributed by atoms with Crippen LogP contribution in [0.4, 0.5) is 0 Å². The lowest BCUT2D eigenvalue weighted by Crippen LogP contribution is -2.84. The minimum atomic E-state index is -4.27. The molecule has 3 rings (SSSR count). The van der Waals surface area contributed by atoms with Crippen molar-refractivity contribution in [2.45, 2.75) is 129 Å². The maximum absolute atomic E-state index is 12.3. The van der Waals surface area contributed by atoms with Gasteiger partial charge in [0.1, 0.15) is 0 Å². The van der Waals surface area contributed by atoms with Crippen molar-refractivity contribution in [2.75, 3.05) is 5.75 Å². The van der Waals surface area contributed by atoms with E-state index in [2.05, 4.69) is 12.6 Å². The molecular weight excluding hydrogens is 673 g/mol. The Hall–Kier alpha value is 1.39. The van der Waals surface area contributed by atoms with Crippen molar-refractivity contribution in [2.24, 2.45) is 0 Å². The van der Waals surface area contributed by atoms with E-state index in [1.807, 2.05) is 41.5 Å². The molecular formula is C21H52O12SSi7. The maximum Gasteiger partial charge on any atom is 0.486 e. The molecule has 3 heterocycles. The average molecular weight is 725 g/mol. The summed E-state index contributed by atoms with van der Waals surface area (Å²) in [4.78, 5) is 36.8. The Morgan fingerprint density at radius 2 is 0.683 bits per heavy atom. The molecule has 0 aliphatic carbocycles. The van der Waals surface area contributed by atoms with Crippen LogP contribution in [0, 0.1) is 0 Å². The van der Waals surface area contributed by atoms with Crippen molar-refractivity contribution in [1.29, 1.82) is 0 Å². The van der Waals surface area contributed by atoms with Crippen LogP contribution in [0.3, 0.4) is 0 Å². The van der Waals surface area contributed by atoms with E-state index in [4.69, 9.17) is 37.0 Å². The summed E-state index contributed by atoms with van der Waals surface area (Å²) in [5.74, 6) is 0.513. The minimum absolute atomic E-state index is 0.290. The maximum atomic E-state index is 12.3. The zero-order valence-corrected chi connectivity index (χ0v) is 34.4. The molecule has 242 valence electrons. The highest BCUT2D eigenvalue weighted by Gasteiger charge is 2.79. The van der Waals surface area contributed by atoms with Gasteiger partial charge in [0.05, 0.1) is 0 Å². The lowest BCUT2D eigenvalue weighted by molar-refractivity contribution is -0.00303. The Labute approximate surface area is 259 Å². The molecule has 0 unspecified atom stereocenters. The second kappa shape index (κ2) is 12.5. The molecule has 3 fully saturated rings. The van der Waals surface area contributed by atoms with Gasteiger partial charge in [-0.05, 0) is 12.2 Å². The van der Waals surface area contributed by atoms with E-state index in [9.17, 15) is 14.4 Å². The molecule has 20 heteroatoms. The predicted molar refractivity (Wildman–Crippen MR) is 171 cm³/mol. The van der Waals surface area contributed by atoms with Crippen molar-refractivity contribution in [1.82, 2.24) is 0 Å². The van der Waals surface area contributed by atoms with Crippen LogP contribution in [-0.2, 0) is 37.0 Å². The van der Waals surface area contributed by atoms with Gasteiger partial charge in [-0.15, -0.1) is 0 Å². The van der Waals surface area contributed by atoms with Gasteiger partial charge in [-0.25, -0.2) is 0 Å². The molecule has 41 heavy (non-hydrogen) atoms. The van der Waals surface area contributed by atoms with Gasteiger partial charge in [0.2, 0.25) is 0 Å². The fourth-order valence-electron chi connectivity index (χ4n) is 4.40. The lowest BCUT2D eigenvalue weighted by Gasteiger charge is -2.59. The van der Waals surface area contributed by atoms with Crippen molar-refractivity contribution >= 4 is 74.3 Å². The van der Waals surface area contributed by atoms with Gasteiger partial charge in [-0.2, -0.15) is 12.6 Å². The highest BCUT2D eigenvalue weighted by molar-refractivity contribution is 7.80. The van der Waals surface area contributed by atoms with Gasteiger partial charge in [0, 0.05) is 39.3 Å². The largest absolute Gasteiger partial charge is 0.486 e. The molecule has 0 spiro atoms. The summed E-state index contributed by atoms with van der Waals surface area (Å²) in [5.41, 5.74) is -2.88. The van der Waals surface area contributed by atoms with Crippen LogP contribution in [0.2, 0.25) is 39.3 Å². The first-order chi connectivity index (χ1) is 18.6. The third kappa shape index (κ3) is 6.91. The minimum Gasteiger partial charge on any atom is -0.390 e. The quantitative estimate of drug-likeness (QED) is 0.196. The molecule has 0 aromatic heterocycles. The van der Waals surface area contributed by atoms with Crippen molar-refractivity contribution < 1.29 is 51.4 Å². The molecule has 0 radical (unpaired) electrons. The monoisotopic (exact) mass is 724 g/mol. The molecule has 3 saturated heterocycles. The first-order valence-corrected chi connectivity index (χ1v) is 28.2. The Balaban J connectivity index is 2.51. The third-order valence-corrected chi connectivity index (χ3v) is 38.5. The number of fused-ring (bicyclic) bond motifs is 3. The van der Waals surface area contributed by atoms with E-state index in [-0.39, 0.29) is 6.04 Å². The zero-order chi connectivity index (χ0) is 31.4. The molecule has 12 nitrogen and oxygen atoms in total. The van der Waals surface area contributed by atoms with Crippen LogP contribution in [-0.4, -0.2) is 81.8 Å². The Bertz CT molecular complexity index is 802. The topological polar surface area (TPSA) is 144 Å². The molecule has 3 aliphatic rings. The third-order valence-electron chi connectivity index (χ3n) is 7.58. The van der Waals surface area contributed by atoms with E-state index in [0.29, 0.717) is 12.2 Å². The molecule has 3 N–H and O–H groups in total. The standard InChI is InChI=1S/C21H52O12SSi7/c1-16(2)36(22)28-39(19(7)8)25-35(15-13-14-34)26-40(29-36,20(9)10)31-38(24,18(5)6)33-41(27-35,21(11)12)32-37(23,30-39)17(3)4/h16-24,34H,13-15H2,1-12H3. The number of hydrogen-bond donors (Lipinski definition) is 4. The summed E-state index contributed by atoms with van der Waals surface area (Å²) in [6, 6.07) is 0.290. The van der Waals surface area contributed by atoms with E-state index >= 15 is 0 Å². The van der Waals surface area contributed by atoms with Crippen LogP contribution in [0.25, 0.3) is 0 Å². The van der Waals surface area contributed by atoms with E-state index in [0.717, 1.165) is 0 Å². The highest BCUT2D eigenvalue weighted by Crippen LogP contribution is 2.52. The van der Waals surface area contributed by atoms with Gasteiger partial charge in [0.15, 0.2) is 0 Å². The molecule has 0 aromatic rings. The molecule has 0 amide bonds. The fraction of sp³-hybridized carbons (Fsp3) is 1.00. The zero-order valence-electron chi connectivity index (χ0n) is 26.5. The first kappa shape index (κ1) is 36.9. The first-order valence-electron chi connectivity index (χ1n) is 14.7. The van der Waals surface area contributed by atoms with E-state index < -0.39 is 94.9 Å². The predicted octanol–water partition coefficient (Wildman–Crippen LogP) is 4.51. The van der Waals surface area contributed by atoms with Crippen molar-refractivity contribution in [3.63, 3.8) is 0 Å². The molecule has 0 atom stereocenters. The Morgan fingerprint density at radius 3 is 0.854 bits per heavy atom. The average Bonchev–Trinajstić information content (AvgIpc) is 2.78. The summed E-state index contributed by atoms with van der Waals surface area (Å²) < 4.78 is 61.5. The van der Waals surface area contributed by atoms with Crippen LogP contribution in [0.15, 0.2) is 0 Å². The smallest absolute Gasteiger partial charge is 0.390 e. The number of hydrogen-bond acceptors (Lipinski definition) is 13. The normalized spacial score (nSPS) is 44.0. The summed E-state index contributed by atoms with van der Waals surface area (Å²) in [5, 5.41) is 0. The van der Waals surface area contributed by atoms with Gasteiger partial charge in [0.25, 0.3) is 0 Å². The number of rotatable bonds is 9. The van der Waals surface area contributed by atoms with Crippen LogP contribution in [0.1, 0.15) is 89.5 Å². The van der Waals surface area contributed by atoms with Crippen molar-refractivity contribution in [3.05, 3.63) is 0 Å². The summed E-state index contributed by atoms with van der Waals surface area (Å²) in [7, 11) is -29.1. The summed E-state index contributed by atoms with van der Waals surface area (Å²) >= 11 is 4.47. The van der Waals surface area contributed by atoms with E-state index in [1.165, 1.54) is 0 Å². The molecule has 4 bridgehead atoms. The van der Waals surface area contributed by atoms with Gasteiger partial charge in [-0.1, -0.05) is 83.1 Å². The van der Waals surface area contributed by atoms with Gasteiger partial charge < -0.3 is 51.4 Å². The van der Waals surface area contributed by atoms with Gasteiger partial charge >= 0.3 is 61.6 Å². The van der Waals surface area contributed by atoms with Gasteiger partial charge in [-0.3, -0.25) is 0 Å². The molecule has 0 saturated carbocycles.